The molecule has 0 aliphatic rings. The van der Waals surface area contributed by atoms with E-state index in [1.165, 1.54) is 0 Å². The van der Waals surface area contributed by atoms with Crippen molar-refractivity contribution in [3.63, 3.8) is 0 Å². The molecule has 112 valence electrons. The fourth-order valence-electron chi connectivity index (χ4n) is 2.10. The van der Waals surface area contributed by atoms with Crippen LogP contribution in [-0.2, 0) is 6.54 Å². The third-order valence-electron chi connectivity index (χ3n) is 3.32. The third-order valence-corrected chi connectivity index (χ3v) is 3.32. The first-order chi connectivity index (χ1) is 11.3. The molecule has 0 bridgehead atoms. The topological polar surface area (TPSA) is 78.9 Å². The Balaban J connectivity index is 1.63. The number of rotatable bonds is 4. The molecule has 0 aliphatic heterocycles. The molecule has 0 saturated heterocycles. The predicted molar refractivity (Wildman–Crippen MR) is 84.3 cm³/mol. The summed E-state index contributed by atoms with van der Waals surface area (Å²) in [5.74, 6) is 0.437. The lowest BCUT2D eigenvalue weighted by Crippen LogP contribution is -2.22. The van der Waals surface area contributed by atoms with Crippen molar-refractivity contribution in [1.82, 2.24) is 10.5 Å². The molecule has 3 aromatic rings. The Labute approximate surface area is 133 Å². The van der Waals surface area contributed by atoms with Crippen molar-refractivity contribution in [3.8, 4) is 17.4 Å². The fraction of sp³-hybridized carbons (Fsp3) is 0.0556. The number of carbonyl (C=O) groups excluding carboxylic acids is 1. The average Bonchev–Trinajstić information content (AvgIpc) is 3.09. The lowest BCUT2D eigenvalue weighted by molar-refractivity contribution is 0.0950. The first kappa shape index (κ1) is 14.5. The number of aromatic nitrogens is 1. The molecule has 0 radical (unpaired) electrons. The van der Waals surface area contributed by atoms with E-state index in [1.807, 2.05) is 36.4 Å². The maximum atomic E-state index is 12.0. The molecule has 3 rings (SSSR count). The molecule has 5 heteroatoms. The maximum Gasteiger partial charge on any atom is 0.251 e. The largest absolute Gasteiger partial charge is 0.356 e. The van der Waals surface area contributed by atoms with Crippen molar-refractivity contribution in [2.75, 3.05) is 0 Å². The summed E-state index contributed by atoms with van der Waals surface area (Å²) >= 11 is 0. The molecule has 1 aromatic heterocycles. The van der Waals surface area contributed by atoms with Crippen LogP contribution in [0.5, 0.6) is 0 Å². The summed E-state index contributed by atoms with van der Waals surface area (Å²) in [4.78, 5) is 12.0. The molecule has 0 spiro atoms. The van der Waals surface area contributed by atoms with Gasteiger partial charge in [0.15, 0.2) is 5.76 Å². The van der Waals surface area contributed by atoms with Crippen LogP contribution in [0.25, 0.3) is 11.3 Å². The molecule has 0 aliphatic carbocycles. The molecule has 0 unspecified atom stereocenters. The Kier molecular flexibility index (Phi) is 4.16. The van der Waals surface area contributed by atoms with Crippen LogP contribution in [0.15, 0.2) is 65.2 Å². The Bertz CT molecular complexity index is 846. The lowest BCUT2D eigenvalue weighted by atomic mass is 10.1. The number of nitriles is 1. The van der Waals surface area contributed by atoms with Gasteiger partial charge in [0.2, 0.25) is 0 Å². The van der Waals surface area contributed by atoms with Crippen LogP contribution < -0.4 is 5.32 Å². The zero-order valence-electron chi connectivity index (χ0n) is 12.2. The van der Waals surface area contributed by atoms with Crippen molar-refractivity contribution in [2.24, 2.45) is 0 Å². The number of carbonyl (C=O) groups is 1. The van der Waals surface area contributed by atoms with Gasteiger partial charge in [-0.1, -0.05) is 35.5 Å². The van der Waals surface area contributed by atoms with Crippen LogP contribution in [0.1, 0.15) is 21.6 Å². The first-order valence-electron chi connectivity index (χ1n) is 7.05. The summed E-state index contributed by atoms with van der Waals surface area (Å²) in [6, 6.07) is 19.9. The van der Waals surface area contributed by atoms with E-state index in [-0.39, 0.29) is 12.5 Å². The maximum absolute atomic E-state index is 12.0. The quantitative estimate of drug-likeness (QED) is 0.803. The van der Waals surface area contributed by atoms with Crippen LogP contribution >= 0.6 is 0 Å². The number of hydrogen-bond acceptors (Lipinski definition) is 4. The normalized spacial score (nSPS) is 10.0. The molecular formula is C18H13N3O2. The van der Waals surface area contributed by atoms with E-state index in [1.54, 1.807) is 30.3 Å². The average molecular weight is 303 g/mol. The molecule has 1 N–H and O–H groups in total. The molecule has 0 fully saturated rings. The fourth-order valence-corrected chi connectivity index (χ4v) is 2.10. The third kappa shape index (κ3) is 3.44. The summed E-state index contributed by atoms with van der Waals surface area (Å²) < 4.78 is 5.28. The molecule has 0 saturated carbocycles. The van der Waals surface area contributed by atoms with Gasteiger partial charge in [0.25, 0.3) is 5.91 Å². The van der Waals surface area contributed by atoms with Crippen LogP contribution in [-0.4, -0.2) is 11.1 Å². The number of nitrogens with one attached hydrogen (secondary N) is 1. The Hall–Kier alpha value is -3.39. The van der Waals surface area contributed by atoms with Gasteiger partial charge >= 0.3 is 0 Å². The smallest absolute Gasteiger partial charge is 0.251 e. The van der Waals surface area contributed by atoms with Crippen molar-refractivity contribution < 1.29 is 9.32 Å². The van der Waals surface area contributed by atoms with Crippen molar-refractivity contribution in [3.05, 3.63) is 77.5 Å². The summed E-state index contributed by atoms with van der Waals surface area (Å²) in [6.07, 6.45) is 0. The minimum Gasteiger partial charge on any atom is -0.356 e. The number of benzene rings is 2. The molecule has 2 aromatic carbocycles. The number of hydrogen-bond donors (Lipinski definition) is 1. The van der Waals surface area contributed by atoms with Gasteiger partial charge in [-0.2, -0.15) is 5.26 Å². The van der Waals surface area contributed by atoms with E-state index in [0.29, 0.717) is 22.6 Å². The van der Waals surface area contributed by atoms with Crippen molar-refractivity contribution >= 4 is 5.91 Å². The van der Waals surface area contributed by atoms with Gasteiger partial charge in [-0.05, 0) is 24.3 Å². The molecule has 23 heavy (non-hydrogen) atoms. The van der Waals surface area contributed by atoms with Crippen molar-refractivity contribution in [2.45, 2.75) is 6.54 Å². The second-order valence-corrected chi connectivity index (χ2v) is 4.92. The second-order valence-electron chi connectivity index (χ2n) is 4.92. The summed E-state index contributed by atoms with van der Waals surface area (Å²) in [6.45, 7) is 0.273. The van der Waals surface area contributed by atoms with Crippen LogP contribution in [0.3, 0.4) is 0 Å². The predicted octanol–water partition coefficient (Wildman–Crippen LogP) is 3.14. The van der Waals surface area contributed by atoms with Crippen LogP contribution in [0.2, 0.25) is 0 Å². The summed E-state index contributed by atoms with van der Waals surface area (Å²) in [5, 5.41) is 15.5. The highest BCUT2D eigenvalue weighted by Crippen LogP contribution is 2.19. The van der Waals surface area contributed by atoms with Gasteiger partial charge in [0.1, 0.15) is 5.69 Å². The summed E-state index contributed by atoms with van der Waals surface area (Å²) in [5.41, 5.74) is 2.59. The highest BCUT2D eigenvalue weighted by Gasteiger charge is 2.09. The molecular weight excluding hydrogens is 290 g/mol. The van der Waals surface area contributed by atoms with Gasteiger partial charge in [0.05, 0.1) is 18.2 Å². The second kappa shape index (κ2) is 6.58. The minimum atomic E-state index is -0.223. The highest BCUT2D eigenvalue weighted by molar-refractivity contribution is 5.94. The Morgan fingerprint density at radius 1 is 1.13 bits per heavy atom. The molecule has 0 atom stereocenters. The summed E-state index contributed by atoms with van der Waals surface area (Å²) in [7, 11) is 0. The van der Waals surface area contributed by atoms with Crippen LogP contribution in [0, 0.1) is 11.3 Å². The van der Waals surface area contributed by atoms with E-state index < -0.39 is 0 Å². The molecule has 1 heterocycles. The van der Waals surface area contributed by atoms with Crippen LogP contribution in [0.4, 0.5) is 0 Å². The SMILES string of the molecule is N#Cc1ccc(C(=O)NCc2cc(-c3ccccc3)on2)cc1. The van der Waals surface area contributed by atoms with E-state index in [0.717, 1.165) is 5.56 Å². The molecule has 5 nitrogen and oxygen atoms in total. The zero-order valence-corrected chi connectivity index (χ0v) is 12.2. The van der Waals surface area contributed by atoms with E-state index in [4.69, 9.17) is 9.78 Å². The standard InChI is InChI=1S/C18H13N3O2/c19-11-13-6-8-15(9-7-13)18(22)20-12-16-10-17(23-21-16)14-4-2-1-3-5-14/h1-10H,12H2,(H,20,22). The van der Waals surface area contributed by atoms with Gasteiger partial charge in [0, 0.05) is 17.2 Å². The minimum absolute atomic E-state index is 0.223. The van der Waals surface area contributed by atoms with E-state index in [9.17, 15) is 4.79 Å². The first-order valence-corrected chi connectivity index (χ1v) is 7.05. The van der Waals surface area contributed by atoms with Gasteiger partial charge in [-0.25, -0.2) is 0 Å². The van der Waals surface area contributed by atoms with Crippen molar-refractivity contribution in [1.29, 1.82) is 5.26 Å². The highest BCUT2D eigenvalue weighted by atomic mass is 16.5. The lowest BCUT2D eigenvalue weighted by Gasteiger charge is -2.02. The zero-order chi connectivity index (χ0) is 16.1. The Morgan fingerprint density at radius 2 is 1.87 bits per heavy atom. The van der Waals surface area contributed by atoms with E-state index >= 15 is 0 Å². The van der Waals surface area contributed by atoms with Gasteiger partial charge in [-0.3, -0.25) is 4.79 Å². The Morgan fingerprint density at radius 3 is 2.57 bits per heavy atom. The number of nitrogens with zero attached hydrogens (tertiary/aromatic N) is 2. The molecule has 1 amide bonds. The number of amides is 1. The van der Waals surface area contributed by atoms with Gasteiger partial charge in [-0.15, -0.1) is 0 Å². The van der Waals surface area contributed by atoms with Gasteiger partial charge < -0.3 is 9.84 Å². The van der Waals surface area contributed by atoms with E-state index in [2.05, 4.69) is 10.5 Å². The monoisotopic (exact) mass is 303 g/mol.